The molecule has 4 aromatic rings. The van der Waals surface area contributed by atoms with Gasteiger partial charge >= 0.3 is 5.97 Å². The van der Waals surface area contributed by atoms with E-state index < -0.39 is 322 Å². The average Bonchev–Trinajstić information content (AvgIpc) is 1.73. The van der Waals surface area contributed by atoms with Crippen LogP contribution in [0, 0.1) is 35.0 Å². The van der Waals surface area contributed by atoms with Crippen LogP contribution in [0.3, 0.4) is 0 Å². The number of carboxylic acid groups (broad SMARTS) is 1. The monoisotopic (exact) mass is 2050 g/mol. The number of hydrogen-bond acceptors (Lipinski definition) is 27. The highest BCUT2D eigenvalue weighted by molar-refractivity contribution is 6.03. The van der Waals surface area contributed by atoms with Crippen molar-refractivity contribution in [1.29, 1.82) is 5.41 Å². The number of nitrogens with one attached hydrogen (secondary N) is 21. The SMILES string of the molecule is CC[C@H](C)[C@H](NC(=O)[C@@H](NC(=O)[C@H](CC(N)=O)NC(=O)[C@H](CO)NC(=O)[C@H](Cc1cnc[nH]1)NC(=O)CNC(=O)[C@@H](NC(=O)[C@H](Cc1c[nH]c2ccccc12)NC(=O)C1CCC(=O)NCC(=O)N[C@@H](CO)C(=O)N[C@@H](CCC(N)=O)C(=O)N[C@@H](CC(C)C)C(=O)N[C@@H](C(C)C)C(=O)N[C@@H](Cc2ccc(O)cc2)C(=O)N[C@H](CCCNC(=N)N)C(=O)N1)C(C)C)C(C)C)C(=O)N[C@@H](CCCCN)C(=O)N1CCC[C@H]1C(=O)O. The van der Waals surface area contributed by atoms with Gasteiger partial charge in [-0.25, -0.2) is 9.78 Å². The number of carbonyl (C=O) groups excluding carboxylic acids is 20. The molecule has 0 spiro atoms. The Bertz CT molecular complexity index is 5210. The molecule has 2 aliphatic rings. The number of primary amides is 2. The second-order valence-electron chi connectivity index (χ2n) is 37.6. The summed E-state index contributed by atoms with van der Waals surface area (Å²) in [7, 11) is 0. The lowest BCUT2D eigenvalue weighted by Gasteiger charge is -2.31. The number of aromatic hydroxyl groups is 1. The number of aromatic amines is 2. The van der Waals surface area contributed by atoms with E-state index >= 15 is 19.2 Å². The van der Waals surface area contributed by atoms with Crippen LogP contribution in [0.25, 0.3) is 10.9 Å². The summed E-state index contributed by atoms with van der Waals surface area (Å²) in [5, 5.41) is 94.7. The summed E-state index contributed by atoms with van der Waals surface area (Å²) in [6, 6.07) is -13.8. The van der Waals surface area contributed by atoms with Crippen molar-refractivity contribution >= 4 is 141 Å². The van der Waals surface area contributed by atoms with Crippen molar-refractivity contribution in [2.75, 3.05) is 45.9 Å². The summed E-state index contributed by atoms with van der Waals surface area (Å²) in [5.74, 6) is -26.3. The number of benzene rings is 2. The van der Waals surface area contributed by atoms with Gasteiger partial charge in [0.25, 0.3) is 0 Å². The molecule has 6 rings (SSSR count). The van der Waals surface area contributed by atoms with Gasteiger partial charge in [-0.15, -0.1) is 0 Å². The zero-order valence-electron chi connectivity index (χ0n) is 83.5. The summed E-state index contributed by atoms with van der Waals surface area (Å²) in [4.78, 5) is 309. The minimum Gasteiger partial charge on any atom is -0.508 e. The first kappa shape index (κ1) is 120. The minimum absolute atomic E-state index is 0.0706. The molecule has 0 saturated carbocycles. The molecule has 2 fully saturated rings. The molecular weight excluding hydrogens is 1910 g/mol. The molecule has 2 aliphatic heterocycles. The normalized spacial score (nSPS) is 20.0. The number of aliphatic hydroxyl groups is 2. The molecule has 0 radical (unpaired) electrons. The number of aromatic nitrogens is 3. The molecule has 1 unspecified atom stereocenters. The van der Waals surface area contributed by atoms with Crippen molar-refractivity contribution < 1.29 is 121 Å². The molecule has 20 amide bonds. The van der Waals surface area contributed by atoms with Gasteiger partial charge in [-0.05, 0) is 130 Å². The highest BCUT2D eigenvalue weighted by Gasteiger charge is 2.44. The fourth-order valence-electron chi connectivity index (χ4n) is 16.0. The van der Waals surface area contributed by atoms with Crippen molar-refractivity contribution in [2.45, 2.75) is 275 Å². The summed E-state index contributed by atoms with van der Waals surface area (Å²) in [5.41, 5.74) is 23.9. The van der Waals surface area contributed by atoms with Gasteiger partial charge in [-0.3, -0.25) is 101 Å². The number of phenols is 1. The highest BCUT2D eigenvalue weighted by atomic mass is 16.4. The number of unbranched alkanes of at least 4 members (excludes halogenated alkanes) is 1. The number of guanidine groups is 1. The number of para-hydroxylation sites is 1. The molecule has 17 atom stereocenters. The van der Waals surface area contributed by atoms with Crippen LogP contribution in [0.2, 0.25) is 0 Å². The van der Waals surface area contributed by atoms with Gasteiger partial charge in [-0.1, -0.05) is 106 Å². The number of H-pyrrole nitrogens is 2. The fourth-order valence-corrected chi connectivity index (χ4v) is 16.0. The summed E-state index contributed by atoms with van der Waals surface area (Å²) in [6.07, 6.45) is 0.734. The van der Waals surface area contributed by atoms with E-state index in [0.29, 0.717) is 47.7 Å². The van der Waals surface area contributed by atoms with E-state index in [9.17, 15) is 102 Å². The smallest absolute Gasteiger partial charge is 0.326 e. The van der Waals surface area contributed by atoms with E-state index in [-0.39, 0.29) is 75.5 Å². The lowest BCUT2D eigenvalue weighted by Crippen LogP contribution is -2.62. The zero-order chi connectivity index (χ0) is 108. The molecule has 2 saturated heterocycles. The van der Waals surface area contributed by atoms with Gasteiger partial charge in [0.2, 0.25) is 118 Å². The number of carbonyl (C=O) groups is 21. The van der Waals surface area contributed by atoms with Crippen molar-refractivity contribution in [2.24, 2.45) is 52.5 Å². The van der Waals surface area contributed by atoms with E-state index in [1.54, 1.807) is 65.8 Å². The second kappa shape index (κ2) is 59.3. The first-order chi connectivity index (χ1) is 69.1. The van der Waals surface area contributed by atoms with Crippen LogP contribution in [-0.2, 0) is 120 Å². The van der Waals surface area contributed by atoms with Gasteiger partial charge in [0, 0.05) is 74.2 Å². The topological polar surface area (TPSA) is 832 Å². The Hall–Kier alpha value is -15.0. The molecule has 52 heteroatoms. The number of imidazole rings is 1. The van der Waals surface area contributed by atoms with E-state index in [2.05, 4.69) is 111 Å². The standard InChI is InChI=1S/C94H143N27O25/c1-11-50(10)77(91(143)111-60(20-14-15-31-95)92(144)121-33-17-22-68(121)93(145)146)120-90(142)76(49(8)9)119-85(137)65(38-70(97)126)114-87(139)67(44-123)116-82(134)64(37-53-40-100-45-105-53)106-73(129)42-104-88(140)74(47(4)5)117-84(136)63(36-52-39-102-56-19-13-12-18-55(52)56)113-80(132)59-28-30-71(127)103-41-72(128)107-66(43-122)86(138)110-58(27-29-69(96)125)79(131)112-61(34-46(2)3)83(135)118-75(48(6)7)89(141)115-62(35-51-23-25-54(124)26-24-51)81(133)108-57(78(130)109-59)21-16-32-101-94(98)99/h12-13,18-19,23-26,39-40,45-50,57-68,74-77,102,122-124H,11,14-17,20-22,27-38,41-44,95H2,1-10H3,(H2,96,125)(H2,97,126)(H,100,105)(H,103,127)(H,104,140)(H,106,129)(H,107,128)(H,108,133)(H,109,130)(H,110,138)(H,111,143)(H,112,131)(H,113,132)(H,114,139)(H,115,141)(H,116,134)(H,117,136)(H,118,135)(H,119,137)(H,120,142)(H,145,146)(H4,98,99,101)/t50-,57+,58-,59?,60-,61-,62-,63-,64-,65-,66-,67-,68-,74-,75-,76-,77-/m0/s1. The largest absolute Gasteiger partial charge is 0.508 e. The number of nitrogens with zero attached hydrogens (tertiary/aromatic N) is 2. The Kier molecular flexibility index (Phi) is 48.6. The summed E-state index contributed by atoms with van der Waals surface area (Å²) < 4.78 is 0. The molecule has 0 aliphatic carbocycles. The minimum atomic E-state index is -1.99. The third-order valence-corrected chi connectivity index (χ3v) is 24.4. The number of rotatable bonds is 48. The number of aliphatic carboxylic acids is 1. The molecule has 2 aromatic heterocycles. The first-order valence-electron chi connectivity index (χ1n) is 48.5. The number of phenolic OH excluding ortho intramolecular Hbond substituents is 1. The third kappa shape index (κ3) is 38.6. The quantitative estimate of drug-likeness (QED) is 0.0111. The predicted molar refractivity (Wildman–Crippen MR) is 525 cm³/mol. The van der Waals surface area contributed by atoms with Crippen LogP contribution in [0.4, 0.5) is 0 Å². The molecule has 4 heterocycles. The molecule has 146 heavy (non-hydrogen) atoms. The Morgan fingerprint density at radius 1 is 0.562 bits per heavy atom. The van der Waals surface area contributed by atoms with Gasteiger partial charge < -0.3 is 154 Å². The molecule has 52 nitrogen and oxygen atoms in total. The number of hydrogen-bond donors (Lipinski definition) is 29. The van der Waals surface area contributed by atoms with Gasteiger partial charge in [0.15, 0.2) is 5.96 Å². The maximum absolute atomic E-state index is 15.5. The Balaban J connectivity index is 1.28. The van der Waals surface area contributed by atoms with E-state index in [4.69, 9.17) is 28.3 Å². The molecular formula is C94H143N27O25. The number of carboxylic acids is 1. The highest BCUT2D eigenvalue weighted by Crippen LogP contribution is 2.24. The molecule has 2 aromatic carbocycles. The van der Waals surface area contributed by atoms with Crippen molar-refractivity contribution in [3.63, 3.8) is 0 Å². The zero-order valence-corrected chi connectivity index (χ0v) is 83.5. The third-order valence-electron chi connectivity index (χ3n) is 24.4. The van der Waals surface area contributed by atoms with Crippen LogP contribution >= 0.6 is 0 Å². The Labute approximate surface area is 842 Å². The number of nitrogens with two attached hydrogens (primary N) is 4. The van der Waals surface area contributed by atoms with Crippen LogP contribution in [0.5, 0.6) is 5.75 Å². The summed E-state index contributed by atoms with van der Waals surface area (Å²) in [6.45, 7) is 12.0. The maximum Gasteiger partial charge on any atom is 0.326 e. The Morgan fingerprint density at radius 3 is 1.74 bits per heavy atom. The lowest BCUT2D eigenvalue weighted by molar-refractivity contribution is -0.149. The van der Waals surface area contributed by atoms with Crippen LogP contribution in [-0.4, -0.2) is 313 Å². The number of aliphatic hydroxyl groups excluding tert-OH is 2. The predicted octanol–water partition coefficient (Wildman–Crippen LogP) is -7.42. The van der Waals surface area contributed by atoms with E-state index in [1.807, 2.05) is 0 Å². The fraction of sp³-hybridized carbons (Fsp3) is 0.585. The Morgan fingerprint density at radius 2 is 1.14 bits per heavy atom. The molecule has 804 valence electrons. The summed E-state index contributed by atoms with van der Waals surface area (Å²) >= 11 is 0. The average molecular weight is 2050 g/mol. The van der Waals surface area contributed by atoms with Crippen molar-refractivity contribution in [1.82, 2.24) is 116 Å². The number of likely N-dealkylation sites (tertiary alicyclic amines) is 1. The maximum atomic E-state index is 15.5. The molecule has 0 bridgehead atoms. The second-order valence-corrected chi connectivity index (χ2v) is 37.6. The lowest BCUT2D eigenvalue weighted by atomic mass is 9.95. The van der Waals surface area contributed by atoms with Crippen LogP contribution < -0.4 is 119 Å². The number of amides is 20. The van der Waals surface area contributed by atoms with Crippen LogP contribution in [0.1, 0.15) is 176 Å². The van der Waals surface area contributed by atoms with Gasteiger partial charge in [0.1, 0.15) is 102 Å². The van der Waals surface area contributed by atoms with Crippen LogP contribution in [0.15, 0.2) is 67.3 Å². The van der Waals surface area contributed by atoms with E-state index in [1.165, 1.54) is 75.6 Å². The van der Waals surface area contributed by atoms with Crippen molar-refractivity contribution in [3.8, 4) is 5.75 Å². The van der Waals surface area contributed by atoms with E-state index in [0.717, 1.165) is 0 Å². The first-order valence-corrected chi connectivity index (χ1v) is 48.5. The van der Waals surface area contributed by atoms with Gasteiger partial charge in [0.05, 0.1) is 39.1 Å². The van der Waals surface area contributed by atoms with Crippen molar-refractivity contribution in [3.05, 3.63) is 84.1 Å². The number of fused-ring (bicyclic) bond motifs is 1. The molecule has 33 N–H and O–H groups in total. The van der Waals surface area contributed by atoms with Gasteiger partial charge in [-0.2, -0.15) is 0 Å².